The summed E-state index contributed by atoms with van der Waals surface area (Å²) in [5.74, 6) is 0.909. The molecule has 126 valence electrons. The number of benzene rings is 2. The van der Waals surface area contributed by atoms with Crippen molar-refractivity contribution in [2.75, 3.05) is 19.5 Å². The van der Waals surface area contributed by atoms with Gasteiger partial charge in [0.2, 0.25) is 5.91 Å². The summed E-state index contributed by atoms with van der Waals surface area (Å²) in [7, 11) is 3.06. The molecule has 4 nitrogen and oxygen atoms in total. The standard InChI is InChI=1S/C18H17Cl2NO3/c1-23-15-10-16(24-2)14(9-13(15)20)21-17(22)18(7-8-18)11-3-5-12(19)6-4-11/h3-6,9-10H,7-8H2,1-2H3,(H,21,22). The van der Waals surface area contributed by atoms with Gasteiger partial charge < -0.3 is 14.8 Å². The monoisotopic (exact) mass is 365 g/mol. The number of carbonyl (C=O) groups excluding carboxylic acids is 1. The zero-order valence-electron chi connectivity index (χ0n) is 13.4. The molecule has 1 saturated carbocycles. The maximum atomic E-state index is 12.8. The molecule has 0 atom stereocenters. The van der Waals surface area contributed by atoms with Crippen LogP contribution in [0.2, 0.25) is 10.0 Å². The van der Waals surface area contributed by atoms with Gasteiger partial charge in [0.05, 0.1) is 30.3 Å². The van der Waals surface area contributed by atoms with E-state index in [2.05, 4.69) is 5.32 Å². The molecule has 1 aliphatic carbocycles. The molecular formula is C18H17Cl2NO3. The van der Waals surface area contributed by atoms with Crippen molar-refractivity contribution in [3.05, 3.63) is 52.0 Å². The normalized spacial score (nSPS) is 14.8. The highest BCUT2D eigenvalue weighted by molar-refractivity contribution is 6.32. The van der Waals surface area contributed by atoms with E-state index in [1.165, 1.54) is 14.2 Å². The zero-order valence-corrected chi connectivity index (χ0v) is 14.9. The minimum Gasteiger partial charge on any atom is -0.495 e. The summed E-state index contributed by atoms with van der Waals surface area (Å²) in [6.07, 6.45) is 1.60. The van der Waals surface area contributed by atoms with Gasteiger partial charge in [-0.1, -0.05) is 35.3 Å². The second kappa shape index (κ2) is 6.54. The highest BCUT2D eigenvalue weighted by Gasteiger charge is 2.51. The Labute approximate surface area is 150 Å². The molecular weight excluding hydrogens is 349 g/mol. The van der Waals surface area contributed by atoms with Gasteiger partial charge >= 0.3 is 0 Å². The summed E-state index contributed by atoms with van der Waals surface area (Å²) in [4.78, 5) is 12.8. The zero-order chi connectivity index (χ0) is 17.3. The van der Waals surface area contributed by atoms with Crippen LogP contribution in [0.3, 0.4) is 0 Å². The molecule has 1 fully saturated rings. The average Bonchev–Trinajstić information content (AvgIpc) is 3.37. The van der Waals surface area contributed by atoms with E-state index in [1.54, 1.807) is 24.3 Å². The third-order valence-electron chi connectivity index (χ3n) is 4.30. The number of hydrogen-bond acceptors (Lipinski definition) is 3. The number of methoxy groups -OCH3 is 2. The maximum Gasteiger partial charge on any atom is 0.235 e. The van der Waals surface area contributed by atoms with Gasteiger partial charge in [0.15, 0.2) is 0 Å². The van der Waals surface area contributed by atoms with Crippen molar-refractivity contribution in [2.24, 2.45) is 0 Å². The molecule has 0 aliphatic heterocycles. The number of ether oxygens (including phenoxy) is 2. The van der Waals surface area contributed by atoms with Crippen LogP contribution in [-0.2, 0) is 10.2 Å². The van der Waals surface area contributed by atoms with E-state index in [9.17, 15) is 4.79 Å². The first-order valence-electron chi connectivity index (χ1n) is 7.49. The second-order valence-electron chi connectivity index (χ2n) is 5.73. The Hall–Kier alpha value is -1.91. The molecule has 0 heterocycles. The summed E-state index contributed by atoms with van der Waals surface area (Å²) < 4.78 is 10.5. The molecule has 3 rings (SSSR count). The van der Waals surface area contributed by atoms with E-state index in [1.807, 2.05) is 12.1 Å². The van der Waals surface area contributed by atoms with Crippen LogP contribution in [0.5, 0.6) is 11.5 Å². The molecule has 1 amide bonds. The van der Waals surface area contributed by atoms with Crippen molar-refractivity contribution >= 4 is 34.8 Å². The smallest absolute Gasteiger partial charge is 0.235 e. The Balaban J connectivity index is 1.87. The lowest BCUT2D eigenvalue weighted by atomic mass is 9.95. The Morgan fingerprint density at radius 1 is 1.04 bits per heavy atom. The summed E-state index contributed by atoms with van der Waals surface area (Å²) in [5, 5.41) is 3.99. The lowest BCUT2D eigenvalue weighted by Gasteiger charge is -2.18. The molecule has 0 spiro atoms. The quantitative estimate of drug-likeness (QED) is 0.836. The minimum atomic E-state index is -0.512. The molecule has 0 unspecified atom stereocenters. The number of hydrogen-bond donors (Lipinski definition) is 1. The van der Waals surface area contributed by atoms with Gasteiger partial charge in [-0.3, -0.25) is 4.79 Å². The highest BCUT2D eigenvalue weighted by atomic mass is 35.5. The summed E-state index contributed by atoms with van der Waals surface area (Å²) in [5.41, 5.74) is 0.971. The lowest BCUT2D eigenvalue weighted by Crippen LogP contribution is -2.28. The van der Waals surface area contributed by atoms with E-state index in [0.717, 1.165) is 18.4 Å². The molecule has 6 heteroatoms. The van der Waals surface area contributed by atoms with E-state index >= 15 is 0 Å². The molecule has 0 radical (unpaired) electrons. The Morgan fingerprint density at radius 3 is 2.21 bits per heavy atom. The van der Waals surface area contributed by atoms with Gasteiger partial charge in [-0.15, -0.1) is 0 Å². The fourth-order valence-corrected chi connectivity index (χ4v) is 3.11. The van der Waals surface area contributed by atoms with E-state index < -0.39 is 5.41 Å². The van der Waals surface area contributed by atoms with Crippen molar-refractivity contribution < 1.29 is 14.3 Å². The first kappa shape index (κ1) is 16.9. The van der Waals surface area contributed by atoms with Crippen molar-refractivity contribution in [1.82, 2.24) is 0 Å². The molecule has 24 heavy (non-hydrogen) atoms. The summed E-state index contributed by atoms with van der Waals surface area (Å²) in [6, 6.07) is 10.7. The number of halogens is 2. The highest BCUT2D eigenvalue weighted by Crippen LogP contribution is 2.49. The summed E-state index contributed by atoms with van der Waals surface area (Å²) >= 11 is 12.1. The minimum absolute atomic E-state index is 0.0793. The van der Waals surface area contributed by atoms with Crippen LogP contribution in [0.15, 0.2) is 36.4 Å². The van der Waals surface area contributed by atoms with Gasteiger partial charge in [-0.25, -0.2) is 0 Å². The predicted molar refractivity (Wildman–Crippen MR) is 95.5 cm³/mol. The first-order valence-corrected chi connectivity index (χ1v) is 8.25. The molecule has 1 N–H and O–H groups in total. The predicted octanol–water partition coefficient (Wildman–Crippen LogP) is 4.68. The molecule has 0 aromatic heterocycles. The fourth-order valence-electron chi connectivity index (χ4n) is 2.74. The Kier molecular flexibility index (Phi) is 4.61. The maximum absolute atomic E-state index is 12.8. The van der Waals surface area contributed by atoms with Crippen molar-refractivity contribution in [1.29, 1.82) is 0 Å². The van der Waals surface area contributed by atoms with Crippen LogP contribution in [0.1, 0.15) is 18.4 Å². The molecule has 2 aromatic carbocycles. The van der Waals surface area contributed by atoms with Gasteiger partial charge in [0, 0.05) is 11.1 Å². The fraction of sp³-hybridized carbons (Fsp3) is 0.278. The molecule has 0 bridgehead atoms. The van der Waals surface area contributed by atoms with Crippen LogP contribution in [0.25, 0.3) is 0 Å². The van der Waals surface area contributed by atoms with Crippen LogP contribution >= 0.6 is 23.2 Å². The van der Waals surface area contributed by atoms with Crippen LogP contribution < -0.4 is 14.8 Å². The largest absolute Gasteiger partial charge is 0.495 e. The molecule has 1 aliphatic rings. The van der Waals surface area contributed by atoms with Crippen molar-refractivity contribution in [2.45, 2.75) is 18.3 Å². The SMILES string of the molecule is COc1cc(OC)c(NC(=O)C2(c3ccc(Cl)cc3)CC2)cc1Cl. The van der Waals surface area contributed by atoms with Crippen molar-refractivity contribution in [3.63, 3.8) is 0 Å². The Bertz CT molecular complexity index is 771. The molecule has 0 saturated heterocycles. The van der Waals surface area contributed by atoms with Crippen LogP contribution in [0, 0.1) is 0 Å². The lowest BCUT2D eigenvalue weighted by molar-refractivity contribution is -0.118. The number of rotatable bonds is 5. The number of anilines is 1. The number of amides is 1. The first-order chi connectivity index (χ1) is 11.5. The number of carbonyl (C=O) groups is 1. The summed E-state index contributed by atoms with van der Waals surface area (Å²) in [6.45, 7) is 0. The van der Waals surface area contributed by atoms with Gasteiger partial charge in [0.25, 0.3) is 0 Å². The topological polar surface area (TPSA) is 47.6 Å². The van der Waals surface area contributed by atoms with E-state index in [-0.39, 0.29) is 5.91 Å². The van der Waals surface area contributed by atoms with Crippen LogP contribution in [-0.4, -0.2) is 20.1 Å². The van der Waals surface area contributed by atoms with Crippen molar-refractivity contribution in [3.8, 4) is 11.5 Å². The van der Waals surface area contributed by atoms with E-state index in [0.29, 0.717) is 27.2 Å². The third-order valence-corrected chi connectivity index (χ3v) is 4.85. The van der Waals surface area contributed by atoms with Gasteiger partial charge in [-0.2, -0.15) is 0 Å². The molecule has 2 aromatic rings. The number of nitrogens with one attached hydrogen (secondary N) is 1. The second-order valence-corrected chi connectivity index (χ2v) is 6.57. The van der Waals surface area contributed by atoms with Gasteiger partial charge in [0.1, 0.15) is 11.5 Å². The Morgan fingerprint density at radius 2 is 1.67 bits per heavy atom. The average molecular weight is 366 g/mol. The van der Waals surface area contributed by atoms with E-state index in [4.69, 9.17) is 32.7 Å². The van der Waals surface area contributed by atoms with Crippen LogP contribution in [0.4, 0.5) is 5.69 Å². The van der Waals surface area contributed by atoms with Gasteiger partial charge in [-0.05, 0) is 36.6 Å². The third kappa shape index (κ3) is 3.04.